The molecule has 2 heterocycles. The average Bonchev–Trinajstić information content (AvgIpc) is 3.19. The zero-order chi connectivity index (χ0) is 16.1. The lowest BCUT2D eigenvalue weighted by Gasteiger charge is -2.18. The zero-order valence-corrected chi connectivity index (χ0v) is 12.9. The Labute approximate surface area is 130 Å². The van der Waals surface area contributed by atoms with E-state index in [9.17, 15) is 13.2 Å². The molecule has 4 nitrogen and oxygen atoms in total. The first-order chi connectivity index (χ1) is 10.2. The minimum Gasteiger partial charge on any atom is -0.246 e. The van der Waals surface area contributed by atoms with Gasteiger partial charge in [-0.3, -0.25) is 0 Å². The summed E-state index contributed by atoms with van der Waals surface area (Å²) in [4.78, 5) is 16.7. The predicted octanol–water partition coefficient (Wildman–Crippen LogP) is 3.97. The van der Waals surface area contributed by atoms with E-state index in [4.69, 9.17) is 11.6 Å². The molecule has 0 saturated heterocycles. The fourth-order valence-corrected chi connectivity index (χ4v) is 2.68. The third kappa shape index (κ3) is 2.62. The van der Waals surface area contributed by atoms with E-state index in [1.54, 1.807) is 13.8 Å². The number of aromatic nitrogens is 4. The van der Waals surface area contributed by atoms with E-state index in [0.29, 0.717) is 28.2 Å². The second-order valence-electron chi connectivity index (χ2n) is 5.78. The molecular formula is C14H14ClF3N4. The first-order valence-corrected chi connectivity index (χ1v) is 7.34. The molecule has 0 radical (unpaired) electrons. The van der Waals surface area contributed by atoms with Crippen molar-refractivity contribution in [1.29, 1.82) is 0 Å². The van der Waals surface area contributed by atoms with Crippen molar-refractivity contribution in [3.8, 4) is 0 Å². The molecule has 0 atom stereocenters. The third-order valence-corrected chi connectivity index (χ3v) is 4.45. The molecule has 22 heavy (non-hydrogen) atoms. The van der Waals surface area contributed by atoms with E-state index in [1.807, 2.05) is 0 Å². The first kappa shape index (κ1) is 15.4. The van der Waals surface area contributed by atoms with Gasteiger partial charge in [-0.05, 0) is 51.1 Å². The number of fused-ring (bicyclic) bond motifs is 1. The van der Waals surface area contributed by atoms with E-state index in [0.717, 1.165) is 0 Å². The van der Waals surface area contributed by atoms with E-state index >= 15 is 0 Å². The summed E-state index contributed by atoms with van der Waals surface area (Å²) in [6, 6.07) is 0. The quantitative estimate of drug-likeness (QED) is 0.799. The van der Waals surface area contributed by atoms with Crippen molar-refractivity contribution in [2.24, 2.45) is 5.41 Å². The topological polar surface area (TPSA) is 51.6 Å². The summed E-state index contributed by atoms with van der Waals surface area (Å²) >= 11 is 5.86. The third-order valence-electron chi connectivity index (χ3n) is 4.28. The molecule has 0 aromatic carbocycles. The van der Waals surface area contributed by atoms with Gasteiger partial charge in [0.05, 0.1) is 22.5 Å². The minimum absolute atomic E-state index is 0.00640. The summed E-state index contributed by atoms with van der Waals surface area (Å²) in [5.41, 5.74) is 1.05. The lowest BCUT2D eigenvalue weighted by atomic mass is 9.98. The summed E-state index contributed by atoms with van der Waals surface area (Å²) < 4.78 is 39.1. The number of nitrogens with zero attached hydrogens (tertiary/aromatic N) is 4. The molecule has 1 saturated carbocycles. The van der Waals surface area contributed by atoms with Gasteiger partial charge in [0.1, 0.15) is 5.52 Å². The largest absolute Gasteiger partial charge is 0.394 e. The van der Waals surface area contributed by atoms with E-state index in [-0.39, 0.29) is 31.0 Å². The summed E-state index contributed by atoms with van der Waals surface area (Å²) in [5, 5.41) is -0.0168. The van der Waals surface area contributed by atoms with Crippen LogP contribution in [0, 0.1) is 19.3 Å². The van der Waals surface area contributed by atoms with Gasteiger partial charge in [-0.25, -0.2) is 15.0 Å². The molecule has 8 heteroatoms. The van der Waals surface area contributed by atoms with Crippen molar-refractivity contribution in [3.05, 3.63) is 22.4 Å². The van der Waals surface area contributed by atoms with Crippen LogP contribution in [0.15, 0.2) is 0 Å². The van der Waals surface area contributed by atoms with Crippen LogP contribution in [0.25, 0.3) is 11.2 Å². The van der Waals surface area contributed by atoms with Crippen molar-refractivity contribution >= 4 is 22.8 Å². The number of aryl methyl sites for hydroxylation is 3. The molecule has 2 aromatic heterocycles. The van der Waals surface area contributed by atoms with Gasteiger partial charge < -0.3 is 0 Å². The molecule has 0 N–H and O–H groups in total. The maximum absolute atomic E-state index is 13.0. The Morgan fingerprint density at radius 2 is 1.68 bits per heavy atom. The Morgan fingerprint density at radius 3 is 2.27 bits per heavy atom. The molecule has 0 aliphatic heterocycles. The SMILES string of the molecule is Cc1nc2nc(Cl)nc(CCC3(C(F)(F)F)CC3)c2nc1C. The fourth-order valence-electron chi connectivity index (χ4n) is 2.50. The van der Waals surface area contributed by atoms with Gasteiger partial charge in [-0.15, -0.1) is 0 Å². The summed E-state index contributed by atoms with van der Waals surface area (Å²) in [6.07, 6.45) is -3.66. The molecule has 1 aliphatic carbocycles. The summed E-state index contributed by atoms with van der Waals surface area (Å²) in [5.74, 6) is 0. The molecule has 0 spiro atoms. The van der Waals surface area contributed by atoms with Gasteiger partial charge in [0, 0.05) is 0 Å². The maximum Gasteiger partial charge on any atom is 0.394 e. The Bertz CT molecular complexity index is 741. The lowest BCUT2D eigenvalue weighted by Crippen LogP contribution is -2.25. The van der Waals surface area contributed by atoms with Crippen molar-refractivity contribution in [1.82, 2.24) is 19.9 Å². The number of alkyl halides is 3. The smallest absolute Gasteiger partial charge is 0.246 e. The van der Waals surface area contributed by atoms with Crippen molar-refractivity contribution < 1.29 is 13.2 Å². The van der Waals surface area contributed by atoms with Crippen LogP contribution in [0.3, 0.4) is 0 Å². The Morgan fingerprint density at radius 1 is 1.05 bits per heavy atom. The van der Waals surface area contributed by atoms with E-state index in [1.165, 1.54) is 0 Å². The van der Waals surface area contributed by atoms with Gasteiger partial charge in [0.2, 0.25) is 5.28 Å². The molecule has 1 fully saturated rings. The van der Waals surface area contributed by atoms with Gasteiger partial charge in [-0.2, -0.15) is 18.2 Å². The molecular weight excluding hydrogens is 317 g/mol. The number of halogens is 4. The minimum atomic E-state index is -4.17. The van der Waals surface area contributed by atoms with Crippen molar-refractivity contribution in [2.75, 3.05) is 0 Å². The van der Waals surface area contributed by atoms with Crippen LogP contribution in [-0.4, -0.2) is 26.1 Å². The van der Waals surface area contributed by atoms with Crippen LogP contribution >= 0.6 is 11.6 Å². The molecule has 3 rings (SSSR count). The van der Waals surface area contributed by atoms with Crippen molar-refractivity contribution in [2.45, 2.75) is 45.7 Å². The summed E-state index contributed by atoms with van der Waals surface area (Å²) in [7, 11) is 0. The zero-order valence-electron chi connectivity index (χ0n) is 12.1. The monoisotopic (exact) mass is 330 g/mol. The maximum atomic E-state index is 13.0. The average molecular weight is 331 g/mol. The number of hydrogen-bond donors (Lipinski definition) is 0. The van der Waals surface area contributed by atoms with Gasteiger partial charge in [0.25, 0.3) is 0 Å². The lowest BCUT2D eigenvalue weighted by molar-refractivity contribution is -0.188. The standard InChI is InChI=1S/C14H14ClF3N4/c1-7-8(2)20-11-10(19-7)9(21-12(15)22-11)3-4-13(5-6-13)14(16,17)18/h3-6H2,1-2H3. The Hall–Kier alpha value is -1.50. The number of rotatable bonds is 3. The van der Waals surface area contributed by atoms with Crippen LogP contribution in [0.1, 0.15) is 36.3 Å². The fraction of sp³-hybridized carbons (Fsp3) is 0.571. The summed E-state index contributed by atoms with van der Waals surface area (Å²) in [6.45, 7) is 3.58. The van der Waals surface area contributed by atoms with Gasteiger partial charge >= 0.3 is 6.18 Å². The Kier molecular flexibility index (Phi) is 3.51. The molecule has 1 aliphatic rings. The highest BCUT2D eigenvalue weighted by Gasteiger charge is 2.62. The predicted molar refractivity (Wildman–Crippen MR) is 75.7 cm³/mol. The van der Waals surface area contributed by atoms with Crippen molar-refractivity contribution in [3.63, 3.8) is 0 Å². The van der Waals surface area contributed by atoms with Crippen LogP contribution < -0.4 is 0 Å². The van der Waals surface area contributed by atoms with Gasteiger partial charge in [-0.1, -0.05) is 0 Å². The second kappa shape index (κ2) is 5.01. The highest BCUT2D eigenvalue weighted by molar-refractivity contribution is 6.28. The van der Waals surface area contributed by atoms with Crippen LogP contribution in [-0.2, 0) is 6.42 Å². The molecule has 0 bridgehead atoms. The highest BCUT2D eigenvalue weighted by Crippen LogP contribution is 2.60. The van der Waals surface area contributed by atoms with Gasteiger partial charge in [0.15, 0.2) is 5.65 Å². The van der Waals surface area contributed by atoms with E-state index < -0.39 is 11.6 Å². The molecule has 118 valence electrons. The van der Waals surface area contributed by atoms with Crippen LogP contribution in [0.5, 0.6) is 0 Å². The highest BCUT2D eigenvalue weighted by atomic mass is 35.5. The van der Waals surface area contributed by atoms with E-state index in [2.05, 4.69) is 19.9 Å². The molecule has 0 unspecified atom stereocenters. The first-order valence-electron chi connectivity index (χ1n) is 6.96. The molecule has 2 aromatic rings. The normalized spacial score (nSPS) is 17.0. The number of hydrogen-bond acceptors (Lipinski definition) is 4. The Balaban J connectivity index is 1.95. The second-order valence-corrected chi connectivity index (χ2v) is 6.12. The van der Waals surface area contributed by atoms with Crippen LogP contribution in [0.2, 0.25) is 5.28 Å². The van der Waals surface area contributed by atoms with Crippen LogP contribution in [0.4, 0.5) is 13.2 Å². The molecule has 0 amide bonds.